The predicted molar refractivity (Wildman–Crippen MR) is 72.7 cm³/mol. The van der Waals surface area contributed by atoms with E-state index in [1.54, 1.807) is 19.2 Å². The largest absolute Gasteiger partial charge is 0.447 e. The summed E-state index contributed by atoms with van der Waals surface area (Å²) in [4.78, 5) is 23.4. The fourth-order valence-corrected chi connectivity index (χ4v) is 2.23. The van der Waals surface area contributed by atoms with E-state index in [-0.39, 0.29) is 12.3 Å². The van der Waals surface area contributed by atoms with E-state index in [1.807, 2.05) is 6.07 Å². The molecule has 0 saturated heterocycles. The number of methoxy groups -OCH3 is 1. The van der Waals surface area contributed by atoms with Gasteiger partial charge < -0.3 is 14.8 Å². The number of hydrogen-bond donors (Lipinski definition) is 1. The number of carbonyl (C=O) groups is 2. The molecule has 2 rings (SSSR count). The molecule has 0 saturated carbocycles. The highest BCUT2D eigenvalue weighted by Crippen LogP contribution is 2.35. The lowest BCUT2D eigenvalue weighted by atomic mass is 10.1. The standard InChI is InChI=1S/C13H14BrNO4/c1-18-6-2-3-11(16)19-12-9-5-4-8(14)7-10(9)15-13(12)17/h4-5,7,12H,2-3,6H2,1H3,(H,15,17). The number of fused-ring (bicyclic) bond motifs is 1. The molecule has 1 aromatic rings. The number of ether oxygens (including phenoxy) is 2. The molecule has 0 aliphatic carbocycles. The molecule has 1 N–H and O–H groups in total. The number of carbonyl (C=O) groups excluding carboxylic acids is 2. The van der Waals surface area contributed by atoms with Gasteiger partial charge in [-0.25, -0.2) is 0 Å². The van der Waals surface area contributed by atoms with Crippen molar-refractivity contribution in [3.8, 4) is 0 Å². The molecule has 19 heavy (non-hydrogen) atoms. The molecule has 1 aromatic carbocycles. The second kappa shape index (κ2) is 6.16. The van der Waals surface area contributed by atoms with E-state index in [2.05, 4.69) is 21.2 Å². The molecule has 6 heteroatoms. The second-order valence-electron chi connectivity index (χ2n) is 4.19. The van der Waals surface area contributed by atoms with Crippen LogP contribution in [-0.2, 0) is 19.1 Å². The number of esters is 1. The summed E-state index contributed by atoms with van der Waals surface area (Å²) in [5, 5.41) is 2.69. The fourth-order valence-electron chi connectivity index (χ4n) is 1.87. The smallest absolute Gasteiger partial charge is 0.307 e. The molecule has 5 nitrogen and oxygen atoms in total. The van der Waals surface area contributed by atoms with E-state index < -0.39 is 12.1 Å². The van der Waals surface area contributed by atoms with Crippen LogP contribution in [0.1, 0.15) is 24.5 Å². The predicted octanol–water partition coefficient (Wildman–Crippen LogP) is 2.41. The average Bonchev–Trinajstić information content (AvgIpc) is 2.65. The zero-order valence-corrected chi connectivity index (χ0v) is 12.0. The minimum atomic E-state index is -0.849. The average molecular weight is 328 g/mol. The Morgan fingerprint density at radius 3 is 3.00 bits per heavy atom. The van der Waals surface area contributed by atoms with E-state index in [0.29, 0.717) is 24.3 Å². The van der Waals surface area contributed by atoms with Crippen molar-refractivity contribution in [1.82, 2.24) is 0 Å². The number of benzene rings is 1. The minimum absolute atomic E-state index is 0.240. The van der Waals surface area contributed by atoms with Gasteiger partial charge in [0.2, 0.25) is 6.10 Å². The summed E-state index contributed by atoms with van der Waals surface area (Å²) < 4.78 is 10.9. The van der Waals surface area contributed by atoms with Crippen molar-refractivity contribution in [1.29, 1.82) is 0 Å². The summed E-state index contributed by atoms with van der Waals surface area (Å²) in [5.74, 6) is -0.707. The van der Waals surface area contributed by atoms with Crippen molar-refractivity contribution in [3.63, 3.8) is 0 Å². The third kappa shape index (κ3) is 3.33. The molecule has 0 radical (unpaired) electrons. The Morgan fingerprint density at radius 2 is 2.26 bits per heavy atom. The summed E-state index contributed by atoms with van der Waals surface area (Å²) in [7, 11) is 1.57. The van der Waals surface area contributed by atoms with Crippen LogP contribution < -0.4 is 5.32 Å². The number of rotatable bonds is 5. The van der Waals surface area contributed by atoms with Crippen LogP contribution in [0.5, 0.6) is 0 Å². The summed E-state index contributed by atoms with van der Waals surface area (Å²) in [6, 6.07) is 5.36. The molecule has 0 spiro atoms. The van der Waals surface area contributed by atoms with Crippen molar-refractivity contribution in [2.75, 3.05) is 19.0 Å². The highest BCUT2D eigenvalue weighted by molar-refractivity contribution is 9.10. The Balaban J connectivity index is 2.02. The number of amides is 1. The molecule has 0 fully saturated rings. The number of halogens is 1. The molecule has 1 aliphatic heterocycles. The Hall–Kier alpha value is -1.40. The monoisotopic (exact) mass is 327 g/mol. The first kappa shape index (κ1) is 14.0. The van der Waals surface area contributed by atoms with Crippen molar-refractivity contribution in [2.45, 2.75) is 18.9 Å². The third-order valence-electron chi connectivity index (χ3n) is 2.77. The summed E-state index contributed by atoms with van der Waals surface area (Å²) in [5.41, 5.74) is 1.36. The fraction of sp³-hybridized carbons (Fsp3) is 0.385. The van der Waals surface area contributed by atoms with Crippen LogP contribution in [0.25, 0.3) is 0 Å². The third-order valence-corrected chi connectivity index (χ3v) is 3.27. The molecule has 102 valence electrons. The second-order valence-corrected chi connectivity index (χ2v) is 5.10. The normalized spacial score (nSPS) is 16.9. The SMILES string of the molecule is COCCCC(=O)OC1C(=O)Nc2cc(Br)ccc21. The molecule has 1 amide bonds. The Kier molecular flexibility index (Phi) is 4.55. The molecular formula is C13H14BrNO4. The van der Waals surface area contributed by atoms with Crippen molar-refractivity contribution in [2.24, 2.45) is 0 Å². The molecule has 0 bridgehead atoms. The quantitative estimate of drug-likeness (QED) is 0.666. The molecule has 1 unspecified atom stereocenters. The first-order chi connectivity index (χ1) is 9.11. The van der Waals surface area contributed by atoms with Crippen LogP contribution in [0.3, 0.4) is 0 Å². The number of hydrogen-bond acceptors (Lipinski definition) is 4. The van der Waals surface area contributed by atoms with E-state index in [4.69, 9.17) is 9.47 Å². The lowest BCUT2D eigenvalue weighted by Gasteiger charge is -2.10. The maximum Gasteiger partial charge on any atom is 0.307 e. The molecule has 0 aromatic heterocycles. The molecule has 1 aliphatic rings. The minimum Gasteiger partial charge on any atom is -0.447 e. The Labute approximate surface area is 119 Å². The lowest BCUT2D eigenvalue weighted by Crippen LogP contribution is -2.19. The van der Waals surface area contributed by atoms with Gasteiger partial charge in [0, 0.05) is 35.9 Å². The van der Waals surface area contributed by atoms with Crippen LogP contribution in [0.4, 0.5) is 5.69 Å². The summed E-state index contributed by atoms with van der Waals surface area (Å²) >= 11 is 3.32. The van der Waals surface area contributed by atoms with Gasteiger partial charge in [0.15, 0.2) is 0 Å². The van der Waals surface area contributed by atoms with E-state index in [0.717, 1.165) is 4.47 Å². The van der Waals surface area contributed by atoms with Gasteiger partial charge in [-0.15, -0.1) is 0 Å². The topological polar surface area (TPSA) is 64.6 Å². The van der Waals surface area contributed by atoms with Crippen LogP contribution in [0, 0.1) is 0 Å². The van der Waals surface area contributed by atoms with Gasteiger partial charge in [0.1, 0.15) is 0 Å². The van der Waals surface area contributed by atoms with E-state index >= 15 is 0 Å². The van der Waals surface area contributed by atoms with E-state index in [9.17, 15) is 9.59 Å². The Morgan fingerprint density at radius 1 is 1.47 bits per heavy atom. The van der Waals surface area contributed by atoms with Crippen LogP contribution >= 0.6 is 15.9 Å². The lowest BCUT2D eigenvalue weighted by molar-refractivity contribution is -0.154. The Bertz CT molecular complexity index is 503. The van der Waals surface area contributed by atoms with Crippen LogP contribution in [-0.4, -0.2) is 25.6 Å². The zero-order chi connectivity index (χ0) is 13.8. The van der Waals surface area contributed by atoms with Gasteiger partial charge in [0.05, 0.1) is 0 Å². The van der Waals surface area contributed by atoms with Crippen LogP contribution in [0.15, 0.2) is 22.7 Å². The molecule has 1 atom stereocenters. The van der Waals surface area contributed by atoms with Gasteiger partial charge in [-0.1, -0.05) is 22.0 Å². The van der Waals surface area contributed by atoms with Crippen molar-refractivity contribution in [3.05, 3.63) is 28.2 Å². The van der Waals surface area contributed by atoms with Gasteiger partial charge in [-0.2, -0.15) is 0 Å². The van der Waals surface area contributed by atoms with Gasteiger partial charge >= 0.3 is 5.97 Å². The van der Waals surface area contributed by atoms with Gasteiger partial charge in [0.25, 0.3) is 5.91 Å². The van der Waals surface area contributed by atoms with Gasteiger partial charge in [-0.05, 0) is 18.6 Å². The van der Waals surface area contributed by atoms with Crippen molar-refractivity contribution >= 4 is 33.5 Å². The maximum atomic E-state index is 11.8. The maximum absolute atomic E-state index is 11.8. The first-order valence-electron chi connectivity index (χ1n) is 5.90. The summed E-state index contributed by atoms with van der Waals surface area (Å²) in [6.45, 7) is 0.496. The van der Waals surface area contributed by atoms with Gasteiger partial charge in [-0.3, -0.25) is 9.59 Å². The number of nitrogens with one attached hydrogen (secondary N) is 1. The van der Waals surface area contributed by atoms with E-state index in [1.165, 1.54) is 0 Å². The van der Waals surface area contributed by atoms with Crippen LogP contribution in [0.2, 0.25) is 0 Å². The molecule has 1 heterocycles. The van der Waals surface area contributed by atoms with Crippen molar-refractivity contribution < 1.29 is 19.1 Å². The first-order valence-corrected chi connectivity index (χ1v) is 6.70. The summed E-state index contributed by atoms with van der Waals surface area (Å²) in [6.07, 6.45) is -0.0291. The zero-order valence-electron chi connectivity index (χ0n) is 10.4. The highest BCUT2D eigenvalue weighted by Gasteiger charge is 2.33. The number of anilines is 1. The highest BCUT2D eigenvalue weighted by atomic mass is 79.9. The molecular weight excluding hydrogens is 314 g/mol.